The predicted octanol–water partition coefficient (Wildman–Crippen LogP) is 2.94. The van der Waals surface area contributed by atoms with Crippen LogP contribution in [0.5, 0.6) is 0 Å². The fraction of sp³-hybridized carbons (Fsp3) is 0.429. The predicted molar refractivity (Wildman–Crippen MR) is 83.5 cm³/mol. The van der Waals surface area contributed by atoms with Gasteiger partial charge in [-0.3, -0.25) is 14.5 Å². The lowest BCUT2D eigenvalue weighted by Gasteiger charge is -2.41. The Morgan fingerprint density at radius 1 is 1.15 bits per heavy atom. The molecule has 0 aliphatic carbocycles. The Balaban J connectivity index is 2.08. The van der Waals surface area contributed by atoms with Crippen molar-refractivity contribution >= 4 is 49.4 Å². The van der Waals surface area contributed by atoms with Crippen LogP contribution in [0.15, 0.2) is 27.1 Å². The van der Waals surface area contributed by atoms with E-state index < -0.39 is 6.04 Å². The van der Waals surface area contributed by atoms with Crippen molar-refractivity contribution in [3.05, 3.63) is 27.1 Å². The maximum absolute atomic E-state index is 12.8. The molecule has 0 N–H and O–H groups in total. The van der Waals surface area contributed by atoms with E-state index in [1.165, 1.54) is 0 Å². The minimum Gasteiger partial charge on any atom is -0.329 e. The van der Waals surface area contributed by atoms with Crippen LogP contribution in [0.3, 0.4) is 0 Å². The fourth-order valence-electron chi connectivity index (χ4n) is 3.01. The number of nitrogens with zero attached hydrogens (tertiary/aromatic N) is 2. The standard InChI is InChI=1S/C14H14Br2N2O2/c1-8-13(19)17-7-3-6-11(17)14(20)18(8)12-9(15)4-2-5-10(12)16/h2,4-5,8,11H,3,6-7H2,1H3. The van der Waals surface area contributed by atoms with Crippen LogP contribution >= 0.6 is 31.9 Å². The van der Waals surface area contributed by atoms with E-state index in [0.29, 0.717) is 6.54 Å². The van der Waals surface area contributed by atoms with Gasteiger partial charge in [0.2, 0.25) is 5.91 Å². The van der Waals surface area contributed by atoms with E-state index in [4.69, 9.17) is 0 Å². The van der Waals surface area contributed by atoms with Gasteiger partial charge in [-0.15, -0.1) is 0 Å². The van der Waals surface area contributed by atoms with E-state index in [2.05, 4.69) is 31.9 Å². The number of hydrogen-bond donors (Lipinski definition) is 0. The van der Waals surface area contributed by atoms with Crippen LogP contribution in [-0.4, -0.2) is 35.3 Å². The molecule has 2 atom stereocenters. The fourth-order valence-corrected chi connectivity index (χ4v) is 4.39. The second-order valence-corrected chi connectivity index (χ2v) is 6.85. The average molecular weight is 402 g/mol. The van der Waals surface area contributed by atoms with Crippen molar-refractivity contribution in [2.24, 2.45) is 0 Å². The van der Waals surface area contributed by atoms with Gasteiger partial charge in [0, 0.05) is 15.5 Å². The molecule has 20 heavy (non-hydrogen) atoms. The lowest BCUT2D eigenvalue weighted by Crippen LogP contribution is -2.62. The number of benzene rings is 1. The molecule has 0 aromatic heterocycles. The number of amides is 2. The van der Waals surface area contributed by atoms with Gasteiger partial charge in [-0.1, -0.05) is 6.07 Å². The largest absolute Gasteiger partial charge is 0.329 e. The van der Waals surface area contributed by atoms with Crippen LogP contribution in [0, 0.1) is 0 Å². The number of fused-ring (bicyclic) bond motifs is 1. The first-order chi connectivity index (χ1) is 9.52. The van der Waals surface area contributed by atoms with Gasteiger partial charge in [0.1, 0.15) is 12.1 Å². The first-order valence-corrected chi connectivity index (χ1v) is 8.18. The molecule has 4 nitrogen and oxygen atoms in total. The van der Waals surface area contributed by atoms with Crippen LogP contribution in [0.2, 0.25) is 0 Å². The quantitative estimate of drug-likeness (QED) is 0.725. The minimum atomic E-state index is -0.466. The molecule has 1 aromatic rings. The molecule has 2 fully saturated rings. The molecule has 2 saturated heterocycles. The maximum Gasteiger partial charge on any atom is 0.250 e. The zero-order valence-corrected chi connectivity index (χ0v) is 14.1. The van der Waals surface area contributed by atoms with E-state index in [-0.39, 0.29) is 17.9 Å². The van der Waals surface area contributed by atoms with Crippen LogP contribution in [-0.2, 0) is 9.59 Å². The van der Waals surface area contributed by atoms with Crippen molar-refractivity contribution in [1.82, 2.24) is 4.90 Å². The van der Waals surface area contributed by atoms with Crippen LogP contribution in [0.25, 0.3) is 0 Å². The van der Waals surface area contributed by atoms with Crippen LogP contribution in [0.1, 0.15) is 19.8 Å². The average Bonchev–Trinajstić information content (AvgIpc) is 2.89. The number of rotatable bonds is 1. The molecule has 2 aliphatic rings. The van der Waals surface area contributed by atoms with Gasteiger partial charge < -0.3 is 4.90 Å². The molecule has 6 heteroatoms. The summed E-state index contributed by atoms with van der Waals surface area (Å²) in [4.78, 5) is 28.6. The maximum atomic E-state index is 12.8. The van der Waals surface area contributed by atoms with Crippen molar-refractivity contribution in [1.29, 1.82) is 0 Å². The topological polar surface area (TPSA) is 40.6 Å². The van der Waals surface area contributed by atoms with Gasteiger partial charge in [0.05, 0.1) is 5.69 Å². The summed E-state index contributed by atoms with van der Waals surface area (Å²) in [5.41, 5.74) is 0.741. The van der Waals surface area contributed by atoms with Crippen molar-refractivity contribution < 1.29 is 9.59 Å². The molecule has 2 heterocycles. The number of anilines is 1. The molecule has 0 radical (unpaired) electrons. The number of carbonyl (C=O) groups is 2. The molecule has 3 rings (SSSR count). The summed E-state index contributed by atoms with van der Waals surface area (Å²) in [6, 6.07) is 4.89. The first-order valence-electron chi connectivity index (χ1n) is 6.60. The third-order valence-electron chi connectivity index (χ3n) is 3.98. The Kier molecular flexibility index (Phi) is 3.62. The van der Waals surface area contributed by atoms with E-state index >= 15 is 0 Å². The monoisotopic (exact) mass is 400 g/mol. The summed E-state index contributed by atoms with van der Waals surface area (Å²) in [7, 11) is 0. The zero-order valence-electron chi connectivity index (χ0n) is 11.0. The van der Waals surface area contributed by atoms with Gasteiger partial charge in [-0.05, 0) is 63.8 Å². The summed E-state index contributed by atoms with van der Waals surface area (Å²) in [6.07, 6.45) is 1.66. The Labute approximate surface area is 134 Å². The summed E-state index contributed by atoms with van der Waals surface area (Å²) in [6.45, 7) is 2.49. The molecule has 1 aromatic carbocycles. The van der Waals surface area contributed by atoms with E-state index in [9.17, 15) is 9.59 Å². The van der Waals surface area contributed by atoms with Gasteiger partial charge >= 0.3 is 0 Å². The number of carbonyl (C=O) groups excluding carboxylic acids is 2. The number of halogens is 2. The molecule has 2 amide bonds. The number of piperazine rings is 1. The Morgan fingerprint density at radius 2 is 1.80 bits per heavy atom. The highest BCUT2D eigenvalue weighted by Gasteiger charge is 2.47. The van der Waals surface area contributed by atoms with Gasteiger partial charge in [0.25, 0.3) is 5.91 Å². The van der Waals surface area contributed by atoms with Crippen molar-refractivity contribution in [2.75, 3.05) is 11.4 Å². The minimum absolute atomic E-state index is 0.0159. The van der Waals surface area contributed by atoms with Crippen LogP contribution < -0.4 is 4.90 Å². The van der Waals surface area contributed by atoms with E-state index in [0.717, 1.165) is 27.5 Å². The highest BCUT2D eigenvalue weighted by atomic mass is 79.9. The summed E-state index contributed by atoms with van der Waals surface area (Å²) in [5, 5.41) is 0. The smallest absolute Gasteiger partial charge is 0.250 e. The molecule has 106 valence electrons. The third-order valence-corrected chi connectivity index (χ3v) is 5.26. The normalized spacial score (nSPS) is 26.1. The Morgan fingerprint density at radius 3 is 2.45 bits per heavy atom. The van der Waals surface area contributed by atoms with Crippen molar-refractivity contribution in [3.8, 4) is 0 Å². The Hall–Kier alpha value is -0.880. The number of para-hydroxylation sites is 1. The zero-order chi connectivity index (χ0) is 14.4. The lowest BCUT2D eigenvalue weighted by molar-refractivity contribution is -0.143. The molecule has 0 spiro atoms. The summed E-state index contributed by atoms with van der Waals surface area (Å²) >= 11 is 6.96. The molecule has 2 aliphatic heterocycles. The van der Waals surface area contributed by atoms with Gasteiger partial charge in [0.15, 0.2) is 0 Å². The molecule has 0 saturated carbocycles. The highest BCUT2D eigenvalue weighted by molar-refractivity contribution is 9.11. The Bertz CT molecular complexity index is 570. The van der Waals surface area contributed by atoms with Crippen molar-refractivity contribution in [2.45, 2.75) is 31.8 Å². The third kappa shape index (κ3) is 2.00. The lowest BCUT2D eigenvalue weighted by atomic mass is 10.1. The molecule has 0 bridgehead atoms. The first kappa shape index (κ1) is 14.1. The van der Waals surface area contributed by atoms with Gasteiger partial charge in [-0.2, -0.15) is 0 Å². The molecule has 2 unspecified atom stereocenters. The molecular formula is C14H14Br2N2O2. The highest BCUT2D eigenvalue weighted by Crippen LogP contribution is 2.39. The van der Waals surface area contributed by atoms with Gasteiger partial charge in [-0.25, -0.2) is 0 Å². The summed E-state index contributed by atoms with van der Waals surface area (Å²) < 4.78 is 1.62. The SMILES string of the molecule is CC1C(=O)N2CCCC2C(=O)N1c1c(Br)cccc1Br. The van der Waals surface area contributed by atoms with Crippen LogP contribution in [0.4, 0.5) is 5.69 Å². The van der Waals surface area contributed by atoms with E-state index in [1.807, 2.05) is 18.2 Å². The summed E-state index contributed by atoms with van der Waals surface area (Å²) in [5.74, 6) is 0.0527. The van der Waals surface area contributed by atoms with Crippen molar-refractivity contribution in [3.63, 3.8) is 0 Å². The molecular weight excluding hydrogens is 388 g/mol. The second kappa shape index (κ2) is 5.15. The second-order valence-electron chi connectivity index (χ2n) is 5.14. The number of hydrogen-bond acceptors (Lipinski definition) is 2. The van der Waals surface area contributed by atoms with E-state index in [1.54, 1.807) is 16.7 Å².